The molecule has 1 heterocycles. The predicted octanol–water partition coefficient (Wildman–Crippen LogP) is 3.98. The van der Waals surface area contributed by atoms with Crippen molar-refractivity contribution < 1.29 is 9.53 Å². The van der Waals surface area contributed by atoms with E-state index in [0.29, 0.717) is 11.4 Å². The minimum atomic E-state index is 0.0590. The molecule has 1 spiro atoms. The lowest BCUT2D eigenvalue weighted by Gasteiger charge is -2.54. The zero-order valence-electron chi connectivity index (χ0n) is 13.3. The van der Waals surface area contributed by atoms with Gasteiger partial charge in [-0.05, 0) is 81.0 Å². The van der Waals surface area contributed by atoms with Gasteiger partial charge in [-0.25, -0.2) is 0 Å². The third kappa shape index (κ3) is 1.72. The molecule has 7 atom stereocenters. The highest BCUT2D eigenvalue weighted by Gasteiger charge is 2.59. The van der Waals surface area contributed by atoms with Crippen LogP contribution in [0.25, 0.3) is 0 Å². The van der Waals surface area contributed by atoms with E-state index in [2.05, 4.69) is 6.92 Å². The van der Waals surface area contributed by atoms with Gasteiger partial charge in [0, 0.05) is 11.8 Å². The molecule has 4 aliphatic carbocycles. The third-order valence-corrected chi connectivity index (χ3v) is 8.35. The van der Waals surface area contributed by atoms with E-state index >= 15 is 0 Å². The van der Waals surface area contributed by atoms with Crippen LogP contribution in [-0.4, -0.2) is 18.0 Å². The van der Waals surface area contributed by atoms with Crippen LogP contribution in [-0.2, 0) is 9.53 Å². The van der Waals surface area contributed by atoms with Crippen LogP contribution in [0.15, 0.2) is 0 Å². The SMILES string of the molecule is C[C@]12CC[C@@H]3[C@H]4CC[C@]5(CO5)C[C@H]4CC[C@H]3C1CCC2=O. The van der Waals surface area contributed by atoms with Gasteiger partial charge in [-0.15, -0.1) is 0 Å². The van der Waals surface area contributed by atoms with E-state index in [4.69, 9.17) is 4.74 Å². The van der Waals surface area contributed by atoms with Crippen molar-refractivity contribution in [2.24, 2.45) is 35.0 Å². The van der Waals surface area contributed by atoms with Crippen molar-refractivity contribution in [3.8, 4) is 0 Å². The van der Waals surface area contributed by atoms with Crippen molar-refractivity contribution in [1.29, 1.82) is 0 Å². The summed E-state index contributed by atoms with van der Waals surface area (Å²) in [6, 6.07) is 0. The molecule has 2 nitrogen and oxygen atoms in total. The first-order valence-electron chi connectivity index (χ1n) is 9.29. The summed E-state index contributed by atoms with van der Waals surface area (Å²) in [6.45, 7) is 3.34. The van der Waals surface area contributed by atoms with E-state index < -0.39 is 0 Å². The molecular formula is C19H28O2. The fourth-order valence-corrected chi connectivity index (χ4v) is 7.08. The quantitative estimate of drug-likeness (QED) is 0.631. The van der Waals surface area contributed by atoms with E-state index in [1.54, 1.807) is 0 Å². The number of ether oxygens (including phenoxy) is 1. The number of carbonyl (C=O) groups is 1. The summed E-state index contributed by atoms with van der Waals surface area (Å²) >= 11 is 0. The van der Waals surface area contributed by atoms with Crippen LogP contribution in [0.3, 0.4) is 0 Å². The monoisotopic (exact) mass is 288 g/mol. The molecule has 21 heavy (non-hydrogen) atoms. The molecule has 5 fully saturated rings. The standard InChI is InChI=1S/C19H28O2/c1-18-8-6-14-13-7-9-19(11-21-19)10-12(13)2-3-15(14)16(18)4-5-17(18)20/h12-16H,2-11H2,1H3/t12-,13+,14-,15-,16?,18+,19-/m1/s1. The molecule has 5 rings (SSSR count). The number of hydrogen-bond acceptors (Lipinski definition) is 2. The molecule has 0 aromatic rings. The number of epoxide rings is 1. The van der Waals surface area contributed by atoms with Crippen molar-refractivity contribution >= 4 is 5.78 Å². The summed E-state index contributed by atoms with van der Waals surface area (Å²) in [5, 5.41) is 0. The maximum absolute atomic E-state index is 12.4. The van der Waals surface area contributed by atoms with Crippen molar-refractivity contribution in [2.75, 3.05) is 6.61 Å². The maximum Gasteiger partial charge on any atom is 0.139 e. The van der Waals surface area contributed by atoms with Crippen molar-refractivity contribution in [1.82, 2.24) is 0 Å². The van der Waals surface area contributed by atoms with Gasteiger partial charge in [-0.3, -0.25) is 4.79 Å². The number of hydrogen-bond donors (Lipinski definition) is 0. The second-order valence-electron chi connectivity index (χ2n) is 9.07. The molecular weight excluding hydrogens is 260 g/mol. The van der Waals surface area contributed by atoms with Crippen LogP contribution in [0.5, 0.6) is 0 Å². The van der Waals surface area contributed by atoms with E-state index in [9.17, 15) is 4.79 Å². The first kappa shape index (κ1) is 13.1. The van der Waals surface area contributed by atoms with Crippen molar-refractivity contribution in [3.63, 3.8) is 0 Å². The summed E-state index contributed by atoms with van der Waals surface area (Å²) in [5.74, 6) is 5.00. The molecule has 116 valence electrons. The van der Waals surface area contributed by atoms with Gasteiger partial charge in [0.25, 0.3) is 0 Å². The summed E-state index contributed by atoms with van der Waals surface area (Å²) < 4.78 is 5.78. The van der Waals surface area contributed by atoms with E-state index in [0.717, 1.165) is 42.6 Å². The lowest BCUT2D eigenvalue weighted by Crippen LogP contribution is -2.49. The van der Waals surface area contributed by atoms with Crippen molar-refractivity contribution in [2.45, 2.75) is 70.3 Å². The number of carbonyl (C=O) groups excluding carboxylic acids is 1. The Bertz CT molecular complexity index is 480. The Morgan fingerprint density at radius 1 is 1.00 bits per heavy atom. The van der Waals surface area contributed by atoms with Gasteiger partial charge in [0.2, 0.25) is 0 Å². The summed E-state index contributed by atoms with van der Waals surface area (Å²) in [7, 11) is 0. The van der Waals surface area contributed by atoms with Crippen LogP contribution in [0, 0.1) is 35.0 Å². The Hall–Kier alpha value is -0.370. The fourth-order valence-electron chi connectivity index (χ4n) is 7.08. The Labute approximate surface area is 128 Å². The van der Waals surface area contributed by atoms with Crippen molar-refractivity contribution in [3.05, 3.63) is 0 Å². The van der Waals surface area contributed by atoms with Crippen LogP contribution in [0.2, 0.25) is 0 Å². The third-order valence-electron chi connectivity index (χ3n) is 8.35. The van der Waals surface area contributed by atoms with Gasteiger partial charge in [-0.2, -0.15) is 0 Å². The molecule has 5 aliphatic rings. The Balaban J connectivity index is 1.40. The number of ketones is 1. The molecule has 1 unspecified atom stereocenters. The van der Waals surface area contributed by atoms with Crippen LogP contribution < -0.4 is 0 Å². The minimum absolute atomic E-state index is 0.0590. The summed E-state index contributed by atoms with van der Waals surface area (Å²) in [6.07, 6.45) is 11.5. The van der Waals surface area contributed by atoms with Gasteiger partial charge in [0.15, 0.2) is 0 Å². The lowest BCUT2D eigenvalue weighted by molar-refractivity contribution is -0.133. The summed E-state index contributed by atoms with van der Waals surface area (Å²) in [5.41, 5.74) is 0.393. The first-order chi connectivity index (χ1) is 10.1. The van der Waals surface area contributed by atoms with E-state index in [1.165, 1.54) is 51.4 Å². The normalized spacial score (nSPS) is 58.5. The van der Waals surface area contributed by atoms with Crippen LogP contribution in [0.4, 0.5) is 0 Å². The zero-order chi connectivity index (χ0) is 14.2. The lowest BCUT2D eigenvalue weighted by atomic mass is 9.50. The molecule has 1 saturated heterocycles. The second kappa shape index (κ2) is 4.13. The number of rotatable bonds is 0. The number of fused-ring (bicyclic) bond motifs is 5. The molecule has 0 aromatic heterocycles. The molecule has 4 saturated carbocycles. The molecule has 0 aromatic carbocycles. The topological polar surface area (TPSA) is 29.6 Å². The Morgan fingerprint density at radius 3 is 2.62 bits per heavy atom. The molecule has 0 N–H and O–H groups in total. The van der Waals surface area contributed by atoms with E-state index in [1.807, 2.05) is 0 Å². The molecule has 0 bridgehead atoms. The van der Waals surface area contributed by atoms with Crippen LogP contribution in [0.1, 0.15) is 64.7 Å². The maximum atomic E-state index is 12.4. The van der Waals surface area contributed by atoms with Gasteiger partial charge in [0.1, 0.15) is 5.78 Å². The largest absolute Gasteiger partial charge is 0.370 e. The molecule has 1 aliphatic heterocycles. The highest BCUT2D eigenvalue weighted by atomic mass is 16.6. The highest BCUT2D eigenvalue weighted by molar-refractivity contribution is 5.87. The van der Waals surface area contributed by atoms with Gasteiger partial charge in [-0.1, -0.05) is 6.92 Å². The fraction of sp³-hybridized carbons (Fsp3) is 0.947. The van der Waals surface area contributed by atoms with E-state index in [-0.39, 0.29) is 5.41 Å². The van der Waals surface area contributed by atoms with Gasteiger partial charge >= 0.3 is 0 Å². The van der Waals surface area contributed by atoms with Gasteiger partial charge in [0.05, 0.1) is 12.2 Å². The number of Topliss-reactive ketones (excluding diaryl/α,β-unsaturated/α-hetero) is 1. The Kier molecular flexibility index (Phi) is 2.58. The molecule has 0 radical (unpaired) electrons. The second-order valence-corrected chi connectivity index (χ2v) is 9.07. The van der Waals surface area contributed by atoms with Crippen LogP contribution >= 0.6 is 0 Å². The first-order valence-corrected chi connectivity index (χ1v) is 9.29. The smallest absolute Gasteiger partial charge is 0.139 e. The highest BCUT2D eigenvalue weighted by Crippen LogP contribution is 2.63. The Morgan fingerprint density at radius 2 is 1.81 bits per heavy atom. The van der Waals surface area contributed by atoms with Gasteiger partial charge < -0.3 is 4.74 Å². The minimum Gasteiger partial charge on any atom is -0.370 e. The molecule has 0 amide bonds. The summed E-state index contributed by atoms with van der Waals surface area (Å²) in [4.78, 5) is 12.4. The average molecular weight is 288 g/mol. The average Bonchev–Trinajstić information content (AvgIpc) is 3.16. The zero-order valence-corrected chi connectivity index (χ0v) is 13.3. The predicted molar refractivity (Wildman–Crippen MR) is 80.8 cm³/mol. The molecule has 2 heteroatoms.